The molecule has 16 heavy (non-hydrogen) atoms. The number of ketones is 1. The zero-order chi connectivity index (χ0) is 11.7. The molecule has 2 saturated carbocycles. The summed E-state index contributed by atoms with van der Waals surface area (Å²) in [6.07, 6.45) is 3.52. The summed E-state index contributed by atoms with van der Waals surface area (Å²) in [4.78, 5) is 23.4. The lowest BCUT2D eigenvalue weighted by Crippen LogP contribution is -2.32. The van der Waals surface area contributed by atoms with Crippen molar-refractivity contribution in [2.75, 3.05) is 14.2 Å². The van der Waals surface area contributed by atoms with Crippen LogP contribution < -0.4 is 0 Å². The van der Waals surface area contributed by atoms with Crippen molar-refractivity contribution in [3.63, 3.8) is 0 Å². The van der Waals surface area contributed by atoms with Crippen LogP contribution >= 0.6 is 0 Å². The molecule has 0 bridgehead atoms. The zero-order valence-corrected chi connectivity index (χ0v) is 9.77. The molecule has 0 amide bonds. The second-order valence-electron chi connectivity index (χ2n) is 4.77. The third-order valence-corrected chi connectivity index (χ3v) is 4.02. The fraction of sp³-hybridized carbons (Fsp3) is 0.833. The summed E-state index contributed by atoms with van der Waals surface area (Å²) in [6, 6.07) is 0. The molecule has 0 N–H and O–H groups in total. The molecule has 0 aromatic heterocycles. The average molecular weight is 226 g/mol. The number of carbonyl (C=O) groups excluding carboxylic acids is 2. The molecule has 2 aliphatic carbocycles. The van der Waals surface area contributed by atoms with E-state index in [9.17, 15) is 9.59 Å². The van der Waals surface area contributed by atoms with Gasteiger partial charge in [0.2, 0.25) is 0 Å². The van der Waals surface area contributed by atoms with Crippen LogP contribution in [0.25, 0.3) is 0 Å². The summed E-state index contributed by atoms with van der Waals surface area (Å²) in [6.45, 7) is 0. The van der Waals surface area contributed by atoms with Crippen molar-refractivity contribution < 1.29 is 19.1 Å². The minimum atomic E-state index is -0.507. The topological polar surface area (TPSA) is 52.6 Å². The summed E-state index contributed by atoms with van der Waals surface area (Å²) in [5, 5.41) is 0. The SMILES string of the molecule is COC(=O)C1C(=O)CC2CC(OC)CCC21. The van der Waals surface area contributed by atoms with Crippen LogP contribution in [0.5, 0.6) is 0 Å². The molecule has 4 nitrogen and oxygen atoms in total. The number of Topliss-reactive ketones (excluding diaryl/α,β-unsaturated/α-hetero) is 1. The van der Waals surface area contributed by atoms with E-state index in [0.717, 1.165) is 19.3 Å². The lowest BCUT2D eigenvalue weighted by Gasteiger charge is -2.31. The Bertz CT molecular complexity index is 299. The van der Waals surface area contributed by atoms with E-state index < -0.39 is 5.92 Å². The number of esters is 1. The molecule has 0 aromatic rings. The predicted molar refractivity (Wildman–Crippen MR) is 56.8 cm³/mol. The van der Waals surface area contributed by atoms with Gasteiger partial charge >= 0.3 is 5.97 Å². The number of hydrogen-bond donors (Lipinski definition) is 0. The number of carbonyl (C=O) groups is 2. The largest absolute Gasteiger partial charge is 0.468 e. The Morgan fingerprint density at radius 3 is 2.69 bits per heavy atom. The highest BCUT2D eigenvalue weighted by Gasteiger charge is 2.49. The van der Waals surface area contributed by atoms with E-state index in [1.54, 1.807) is 7.11 Å². The standard InChI is InChI=1S/C12H18O4/c1-15-8-3-4-9-7(5-8)6-10(13)11(9)12(14)16-2/h7-9,11H,3-6H2,1-2H3. The number of rotatable bonds is 2. The van der Waals surface area contributed by atoms with Gasteiger partial charge in [-0.2, -0.15) is 0 Å². The maximum absolute atomic E-state index is 11.8. The Hall–Kier alpha value is -0.900. The summed E-state index contributed by atoms with van der Waals surface area (Å²) in [5.41, 5.74) is 0. The fourth-order valence-electron chi connectivity index (χ4n) is 3.19. The van der Waals surface area contributed by atoms with E-state index in [1.807, 2.05) is 0 Å². The average Bonchev–Trinajstić information content (AvgIpc) is 2.62. The smallest absolute Gasteiger partial charge is 0.316 e. The first-order valence-electron chi connectivity index (χ1n) is 5.80. The first kappa shape index (κ1) is 11.6. The monoisotopic (exact) mass is 226 g/mol. The Balaban J connectivity index is 2.09. The first-order chi connectivity index (χ1) is 7.67. The molecule has 2 fully saturated rings. The molecular formula is C12H18O4. The van der Waals surface area contributed by atoms with Crippen molar-refractivity contribution >= 4 is 11.8 Å². The molecule has 4 atom stereocenters. The van der Waals surface area contributed by atoms with Crippen LogP contribution in [0.4, 0.5) is 0 Å². The third-order valence-electron chi connectivity index (χ3n) is 4.02. The number of hydrogen-bond acceptors (Lipinski definition) is 4. The van der Waals surface area contributed by atoms with Crippen molar-refractivity contribution in [1.29, 1.82) is 0 Å². The highest BCUT2D eigenvalue weighted by molar-refractivity contribution is 6.01. The summed E-state index contributed by atoms with van der Waals surface area (Å²) >= 11 is 0. The number of ether oxygens (including phenoxy) is 2. The van der Waals surface area contributed by atoms with Gasteiger partial charge < -0.3 is 9.47 Å². The second kappa shape index (κ2) is 4.53. The van der Waals surface area contributed by atoms with Crippen LogP contribution in [0, 0.1) is 17.8 Å². The molecule has 0 radical (unpaired) electrons. The molecule has 2 rings (SSSR count). The lowest BCUT2D eigenvalue weighted by atomic mass is 9.77. The fourth-order valence-corrected chi connectivity index (χ4v) is 3.19. The van der Waals surface area contributed by atoms with E-state index >= 15 is 0 Å². The van der Waals surface area contributed by atoms with E-state index in [2.05, 4.69) is 0 Å². The summed E-state index contributed by atoms with van der Waals surface area (Å²) < 4.78 is 10.0. The third kappa shape index (κ3) is 1.86. The molecule has 0 aliphatic heterocycles. The maximum Gasteiger partial charge on any atom is 0.316 e. The van der Waals surface area contributed by atoms with Gasteiger partial charge in [0.05, 0.1) is 13.2 Å². The Labute approximate surface area is 95.3 Å². The van der Waals surface area contributed by atoms with Gasteiger partial charge in [-0.1, -0.05) is 0 Å². The van der Waals surface area contributed by atoms with Crippen LogP contribution in [-0.4, -0.2) is 32.1 Å². The van der Waals surface area contributed by atoms with Crippen LogP contribution in [-0.2, 0) is 19.1 Å². The van der Waals surface area contributed by atoms with Crippen LogP contribution in [0.2, 0.25) is 0 Å². The van der Waals surface area contributed by atoms with E-state index in [-0.39, 0.29) is 23.8 Å². The number of fused-ring (bicyclic) bond motifs is 1. The molecule has 4 unspecified atom stereocenters. The first-order valence-corrected chi connectivity index (χ1v) is 5.80. The molecule has 2 aliphatic rings. The van der Waals surface area contributed by atoms with Crippen molar-refractivity contribution in [2.24, 2.45) is 17.8 Å². The van der Waals surface area contributed by atoms with E-state index in [4.69, 9.17) is 9.47 Å². The van der Waals surface area contributed by atoms with Gasteiger partial charge in [0.25, 0.3) is 0 Å². The molecule has 0 spiro atoms. The summed E-state index contributed by atoms with van der Waals surface area (Å²) in [7, 11) is 3.06. The molecule has 0 heterocycles. The normalized spacial score (nSPS) is 38.2. The van der Waals surface area contributed by atoms with E-state index in [0.29, 0.717) is 12.3 Å². The lowest BCUT2D eigenvalue weighted by molar-refractivity contribution is -0.150. The molecule has 0 aromatic carbocycles. The van der Waals surface area contributed by atoms with Crippen LogP contribution in [0.1, 0.15) is 25.7 Å². The molecule has 4 heteroatoms. The van der Waals surface area contributed by atoms with Gasteiger partial charge in [-0.05, 0) is 31.1 Å². The van der Waals surface area contributed by atoms with Gasteiger partial charge in [-0.15, -0.1) is 0 Å². The Morgan fingerprint density at radius 1 is 1.31 bits per heavy atom. The molecule has 90 valence electrons. The van der Waals surface area contributed by atoms with Crippen LogP contribution in [0.15, 0.2) is 0 Å². The zero-order valence-electron chi connectivity index (χ0n) is 9.77. The van der Waals surface area contributed by atoms with Gasteiger partial charge in [-0.3, -0.25) is 9.59 Å². The van der Waals surface area contributed by atoms with Crippen LogP contribution in [0.3, 0.4) is 0 Å². The van der Waals surface area contributed by atoms with Gasteiger partial charge in [0, 0.05) is 13.5 Å². The van der Waals surface area contributed by atoms with Crippen molar-refractivity contribution in [1.82, 2.24) is 0 Å². The Morgan fingerprint density at radius 2 is 2.06 bits per heavy atom. The molecular weight excluding hydrogens is 208 g/mol. The second-order valence-corrected chi connectivity index (χ2v) is 4.77. The van der Waals surface area contributed by atoms with Gasteiger partial charge in [-0.25, -0.2) is 0 Å². The van der Waals surface area contributed by atoms with Crippen molar-refractivity contribution in [3.05, 3.63) is 0 Å². The van der Waals surface area contributed by atoms with Crippen molar-refractivity contribution in [2.45, 2.75) is 31.8 Å². The van der Waals surface area contributed by atoms with E-state index in [1.165, 1.54) is 7.11 Å². The predicted octanol–water partition coefficient (Wildman–Crippen LogP) is 1.18. The quantitative estimate of drug-likeness (QED) is 0.524. The summed E-state index contributed by atoms with van der Waals surface area (Å²) in [5.74, 6) is -0.304. The minimum absolute atomic E-state index is 0.0543. The number of methoxy groups -OCH3 is 2. The van der Waals surface area contributed by atoms with Gasteiger partial charge in [0.1, 0.15) is 11.7 Å². The highest BCUT2D eigenvalue weighted by Crippen LogP contribution is 2.45. The minimum Gasteiger partial charge on any atom is -0.468 e. The highest BCUT2D eigenvalue weighted by atomic mass is 16.5. The van der Waals surface area contributed by atoms with Crippen molar-refractivity contribution in [3.8, 4) is 0 Å². The molecule has 0 saturated heterocycles. The maximum atomic E-state index is 11.8. The Kier molecular flexibility index (Phi) is 3.28. The van der Waals surface area contributed by atoms with Gasteiger partial charge in [0.15, 0.2) is 0 Å².